The van der Waals surface area contributed by atoms with E-state index in [4.69, 9.17) is 9.84 Å². The largest absolute Gasteiger partial charge is 0.505 e. The average Bonchev–Trinajstić information content (AvgIpc) is 2.71. The number of hydrogen-bond donors (Lipinski definition) is 1. The minimum absolute atomic E-state index is 0.0689. The Labute approximate surface area is 129 Å². The van der Waals surface area contributed by atoms with Crippen LogP contribution >= 0.6 is 11.8 Å². The van der Waals surface area contributed by atoms with Crippen molar-refractivity contribution in [2.45, 2.75) is 6.92 Å². The molecule has 1 aliphatic heterocycles. The molecule has 0 radical (unpaired) electrons. The second-order valence-corrected chi connectivity index (χ2v) is 5.28. The Kier molecular flexibility index (Phi) is 4.81. The SMILES string of the molecule is CCOC(=O)CN1C(=O)S/C(=C\c2ccc(O)c(F)c2)C1=O. The number of phenolic OH excluding ortho intramolecular Hbond substituents is 1. The van der Waals surface area contributed by atoms with Crippen LogP contribution in [0.3, 0.4) is 0 Å². The summed E-state index contributed by atoms with van der Waals surface area (Å²) >= 11 is 0.653. The van der Waals surface area contributed by atoms with Gasteiger partial charge in [0.2, 0.25) is 0 Å². The third-order valence-corrected chi connectivity index (χ3v) is 3.64. The van der Waals surface area contributed by atoms with E-state index in [2.05, 4.69) is 0 Å². The van der Waals surface area contributed by atoms with E-state index < -0.39 is 35.2 Å². The summed E-state index contributed by atoms with van der Waals surface area (Å²) in [6.45, 7) is 1.31. The summed E-state index contributed by atoms with van der Waals surface area (Å²) < 4.78 is 17.9. The molecule has 0 spiro atoms. The van der Waals surface area contributed by atoms with Crippen molar-refractivity contribution in [2.24, 2.45) is 0 Å². The average molecular weight is 325 g/mol. The molecule has 1 aromatic rings. The standard InChI is InChI=1S/C14H12FNO5S/c1-2-21-12(18)7-16-13(19)11(22-14(16)20)6-8-3-4-10(17)9(15)5-8/h3-6,17H,2,7H2,1H3/b11-6-. The number of hydrogen-bond acceptors (Lipinski definition) is 6. The Morgan fingerprint density at radius 1 is 1.45 bits per heavy atom. The van der Waals surface area contributed by atoms with Crippen LogP contribution in [0, 0.1) is 5.82 Å². The molecule has 6 nitrogen and oxygen atoms in total. The van der Waals surface area contributed by atoms with Crippen LogP contribution < -0.4 is 0 Å². The lowest BCUT2D eigenvalue weighted by molar-refractivity contribution is -0.145. The van der Waals surface area contributed by atoms with Gasteiger partial charge in [-0.15, -0.1) is 0 Å². The van der Waals surface area contributed by atoms with Crippen molar-refractivity contribution in [2.75, 3.05) is 13.2 Å². The Morgan fingerprint density at radius 3 is 2.82 bits per heavy atom. The quantitative estimate of drug-likeness (QED) is 0.674. The van der Waals surface area contributed by atoms with Crippen molar-refractivity contribution < 1.29 is 28.6 Å². The number of thioether (sulfide) groups is 1. The van der Waals surface area contributed by atoms with Crippen LogP contribution in [0.25, 0.3) is 6.08 Å². The molecule has 0 atom stereocenters. The highest BCUT2D eigenvalue weighted by Crippen LogP contribution is 2.32. The highest BCUT2D eigenvalue weighted by Gasteiger charge is 2.36. The van der Waals surface area contributed by atoms with Gasteiger partial charge in [0.05, 0.1) is 11.5 Å². The first-order chi connectivity index (χ1) is 10.4. The number of halogens is 1. The monoisotopic (exact) mass is 325 g/mol. The first kappa shape index (κ1) is 16.0. The fraction of sp³-hybridized carbons (Fsp3) is 0.214. The number of rotatable bonds is 4. The minimum atomic E-state index is -0.834. The van der Waals surface area contributed by atoms with E-state index in [0.29, 0.717) is 17.3 Å². The van der Waals surface area contributed by atoms with Crippen LogP contribution in [0.1, 0.15) is 12.5 Å². The Balaban J connectivity index is 2.18. The minimum Gasteiger partial charge on any atom is -0.505 e. The lowest BCUT2D eigenvalue weighted by Gasteiger charge is -2.10. The third-order valence-electron chi connectivity index (χ3n) is 2.74. The van der Waals surface area contributed by atoms with E-state index in [1.165, 1.54) is 12.1 Å². The van der Waals surface area contributed by atoms with E-state index in [1.54, 1.807) is 6.92 Å². The summed E-state index contributed by atoms with van der Waals surface area (Å²) in [6.07, 6.45) is 1.32. The van der Waals surface area contributed by atoms with E-state index in [1.807, 2.05) is 0 Å². The Hall–Kier alpha value is -2.35. The van der Waals surface area contributed by atoms with Crippen LogP contribution in [0.5, 0.6) is 5.75 Å². The van der Waals surface area contributed by atoms with Crippen LogP contribution in [0.15, 0.2) is 23.1 Å². The highest BCUT2D eigenvalue weighted by atomic mass is 32.2. The molecule has 1 N–H and O–H groups in total. The molecular weight excluding hydrogens is 313 g/mol. The molecule has 116 valence electrons. The molecule has 1 heterocycles. The molecule has 1 aliphatic rings. The number of amides is 2. The maximum atomic E-state index is 13.3. The number of benzene rings is 1. The molecule has 0 aliphatic carbocycles. The van der Waals surface area contributed by atoms with Crippen molar-refractivity contribution in [3.63, 3.8) is 0 Å². The van der Waals surface area contributed by atoms with Crippen LogP contribution in [-0.2, 0) is 14.3 Å². The van der Waals surface area contributed by atoms with Crippen molar-refractivity contribution in [1.82, 2.24) is 4.90 Å². The number of phenols is 1. The number of esters is 1. The number of carbonyl (C=O) groups excluding carboxylic acids is 3. The summed E-state index contributed by atoms with van der Waals surface area (Å²) in [4.78, 5) is 36.0. The Morgan fingerprint density at radius 2 is 2.18 bits per heavy atom. The second kappa shape index (κ2) is 6.61. The van der Waals surface area contributed by atoms with Gasteiger partial charge >= 0.3 is 5.97 Å². The summed E-state index contributed by atoms with van der Waals surface area (Å²) in [6, 6.07) is 3.58. The predicted molar refractivity (Wildman–Crippen MR) is 77.4 cm³/mol. The lowest BCUT2D eigenvalue weighted by atomic mass is 10.2. The number of carbonyl (C=O) groups is 3. The van der Waals surface area contributed by atoms with Crippen molar-refractivity contribution >= 4 is 35.0 Å². The highest BCUT2D eigenvalue weighted by molar-refractivity contribution is 8.18. The van der Waals surface area contributed by atoms with E-state index >= 15 is 0 Å². The zero-order chi connectivity index (χ0) is 16.3. The molecule has 0 unspecified atom stereocenters. The molecule has 1 fully saturated rings. The number of imide groups is 1. The summed E-state index contributed by atoms with van der Waals surface area (Å²) in [5, 5.41) is 8.51. The molecule has 1 saturated heterocycles. The van der Waals surface area contributed by atoms with Crippen molar-refractivity contribution in [3.8, 4) is 5.75 Å². The van der Waals surface area contributed by atoms with E-state index in [-0.39, 0.29) is 11.5 Å². The van der Waals surface area contributed by atoms with Gasteiger partial charge in [0.25, 0.3) is 11.1 Å². The smallest absolute Gasteiger partial charge is 0.326 e. The molecule has 0 saturated carbocycles. The topological polar surface area (TPSA) is 83.9 Å². The van der Waals surface area contributed by atoms with Gasteiger partial charge in [-0.3, -0.25) is 19.3 Å². The zero-order valence-electron chi connectivity index (χ0n) is 11.5. The number of ether oxygens (including phenoxy) is 1. The van der Waals surface area contributed by atoms with Gasteiger partial charge in [0.15, 0.2) is 11.6 Å². The van der Waals surface area contributed by atoms with Crippen LogP contribution in [0.4, 0.5) is 9.18 Å². The molecule has 2 amide bonds. The first-order valence-corrected chi connectivity index (χ1v) is 7.13. The van der Waals surface area contributed by atoms with Gasteiger partial charge in [0.1, 0.15) is 6.54 Å². The maximum absolute atomic E-state index is 13.3. The van der Waals surface area contributed by atoms with Crippen molar-refractivity contribution in [3.05, 3.63) is 34.5 Å². The summed E-state index contributed by atoms with van der Waals surface area (Å²) in [5.74, 6) is -2.66. The lowest BCUT2D eigenvalue weighted by Crippen LogP contribution is -2.34. The number of nitrogens with zero attached hydrogens (tertiary/aromatic N) is 1. The second-order valence-electron chi connectivity index (χ2n) is 4.28. The van der Waals surface area contributed by atoms with Gasteiger partial charge < -0.3 is 9.84 Å². The molecule has 8 heteroatoms. The van der Waals surface area contributed by atoms with Crippen molar-refractivity contribution in [1.29, 1.82) is 0 Å². The number of aromatic hydroxyl groups is 1. The van der Waals surface area contributed by atoms with Gasteiger partial charge in [-0.25, -0.2) is 4.39 Å². The first-order valence-electron chi connectivity index (χ1n) is 6.32. The van der Waals surface area contributed by atoms with E-state index in [0.717, 1.165) is 17.0 Å². The maximum Gasteiger partial charge on any atom is 0.326 e. The van der Waals surface area contributed by atoms with Gasteiger partial charge in [0, 0.05) is 0 Å². The molecule has 1 aromatic carbocycles. The molecule has 0 aromatic heterocycles. The normalized spacial score (nSPS) is 16.5. The van der Waals surface area contributed by atoms with Crippen LogP contribution in [-0.4, -0.2) is 40.3 Å². The molecular formula is C14H12FNO5S. The van der Waals surface area contributed by atoms with Crippen LogP contribution in [0.2, 0.25) is 0 Å². The third kappa shape index (κ3) is 3.45. The molecule has 0 bridgehead atoms. The summed E-state index contributed by atoms with van der Waals surface area (Å²) in [7, 11) is 0. The van der Waals surface area contributed by atoms with Gasteiger partial charge in [-0.05, 0) is 42.5 Å². The van der Waals surface area contributed by atoms with Gasteiger partial charge in [-0.2, -0.15) is 0 Å². The van der Waals surface area contributed by atoms with E-state index in [9.17, 15) is 18.8 Å². The predicted octanol–water partition coefficient (Wildman–Crippen LogP) is 2.13. The van der Waals surface area contributed by atoms with Gasteiger partial charge in [-0.1, -0.05) is 6.07 Å². The zero-order valence-corrected chi connectivity index (χ0v) is 12.4. The fourth-order valence-electron chi connectivity index (χ4n) is 1.74. The molecule has 2 rings (SSSR count). The molecule has 22 heavy (non-hydrogen) atoms. The fourth-order valence-corrected chi connectivity index (χ4v) is 2.57. The Bertz CT molecular complexity index is 673. The summed E-state index contributed by atoms with van der Waals surface area (Å²) in [5.41, 5.74) is 0.317.